The molecule has 0 unspecified atom stereocenters. The van der Waals surface area contributed by atoms with Gasteiger partial charge in [-0.25, -0.2) is 0 Å². The van der Waals surface area contributed by atoms with E-state index in [9.17, 15) is 0 Å². The number of nitrogens with zero attached hydrogens (tertiary/aromatic N) is 5. The van der Waals surface area contributed by atoms with E-state index in [1.165, 1.54) is 4.68 Å². The van der Waals surface area contributed by atoms with Crippen molar-refractivity contribution in [2.75, 3.05) is 11.1 Å². The third kappa shape index (κ3) is 3.09. The number of anilines is 3. The maximum Gasteiger partial charge on any atom is 0.320 e. The van der Waals surface area contributed by atoms with E-state index in [1.54, 1.807) is 24.3 Å². The third-order valence-electron chi connectivity index (χ3n) is 3.67. The van der Waals surface area contributed by atoms with Gasteiger partial charge in [-0.05, 0) is 48.9 Å². The predicted octanol–water partition coefficient (Wildman–Crippen LogP) is 3.60. The number of aryl methyl sites for hydroxylation is 1. The minimum atomic E-state index is 0.179. The molecule has 3 N–H and O–H groups in total. The monoisotopic (exact) mass is 367 g/mol. The molecule has 0 aliphatic carbocycles. The Morgan fingerprint density at radius 2 is 1.88 bits per heavy atom. The molecule has 0 saturated heterocycles. The topological polar surface area (TPSA) is 108 Å². The van der Waals surface area contributed by atoms with Gasteiger partial charge >= 0.3 is 6.01 Å². The van der Waals surface area contributed by atoms with Crippen LogP contribution in [0.1, 0.15) is 5.56 Å². The molecule has 0 amide bonds. The van der Waals surface area contributed by atoms with Crippen LogP contribution in [-0.2, 0) is 0 Å². The molecule has 4 aromatic rings. The second kappa shape index (κ2) is 6.49. The zero-order valence-electron chi connectivity index (χ0n) is 13.7. The molecule has 0 saturated carbocycles. The minimum absolute atomic E-state index is 0.179. The van der Waals surface area contributed by atoms with E-state index in [0.29, 0.717) is 10.7 Å². The highest BCUT2D eigenvalue weighted by Gasteiger charge is 2.19. The zero-order chi connectivity index (χ0) is 18.1. The quantitative estimate of drug-likeness (QED) is 0.567. The first kappa shape index (κ1) is 16.1. The number of hydrogen-bond acceptors (Lipinski definition) is 7. The predicted molar refractivity (Wildman–Crippen MR) is 98.5 cm³/mol. The number of hydrogen-bond donors (Lipinski definition) is 2. The van der Waals surface area contributed by atoms with Crippen LogP contribution in [0.3, 0.4) is 0 Å². The summed E-state index contributed by atoms with van der Waals surface area (Å²) in [4.78, 5) is 0. The molecule has 0 fully saturated rings. The van der Waals surface area contributed by atoms with E-state index in [1.807, 2.05) is 31.2 Å². The summed E-state index contributed by atoms with van der Waals surface area (Å²) in [7, 11) is 0. The van der Waals surface area contributed by atoms with Crippen molar-refractivity contribution in [3.8, 4) is 17.3 Å². The van der Waals surface area contributed by atoms with Gasteiger partial charge in [0, 0.05) is 10.7 Å². The molecule has 0 atom stereocenters. The Morgan fingerprint density at radius 3 is 2.65 bits per heavy atom. The van der Waals surface area contributed by atoms with Crippen molar-refractivity contribution in [1.82, 2.24) is 25.2 Å². The fourth-order valence-electron chi connectivity index (χ4n) is 2.43. The van der Waals surface area contributed by atoms with Crippen molar-refractivity contribution >= 4 is 29.1 Å². The summed E-state index contributed by atoms with van der Waals surface area (Å²) in [6, 6.07) is 15.1. The van der Waals surface area contributed by atoms with Crippen LogP contribution in [0.15, 0.2) is 52.9 Å². The summed E-state index contributed by atoms with van der Waals surface area (Å²) in [6.07, 6.45) is 0. The molecule has 2 aromatic carbocycles. The Morgan fingerprint density at radius 1 is 1.08 bits per heavy atom. The molecular weight excluding hydrogens is 354 g/mol. The Kier molecular flexibility index (Phi) is 4.02. The lowest BCUT2D eigenvalue weighted by molar-refractivity contribution is 0.585. The molecule has 2 aromatic heterocycles. The van der Waals surface area contributed by atoms with Crippen LogP contribution in [0.25, 0.3) is 17.3 Å². The maximum atomic E-state index is 6.14. The van der Waals surface area contributed by atoms with E-state index in [0.717, 1.165) is 16.9 Å². The lowest BCUT2D eigenvalue weighted by Gasteiger charge is -2.02. The van der Waals surface area contributed by atoms with Gasteiger partial charge in [0.25, 0.3) is 5.89 Å². The number of rotatable bonds is 4. The average molecular weight is 368 g/mol. The highest BCUT2D eigenvalue weighted by molar-refractivity contribution is 6.30. The SMILES string of the molecule is Cc1cccc(Nc2nnc(-c3nnn(-c4ccc(Cl)cc4)c3N)o2)c1. The largest absolute Gasteiger partial charge is 0.401 e. The van der Waals surface area contributed by atoms with Crippen molar-refractivity contribution in [1.29, 1.82) is 0 Å². The van der Waals surface area contributed by atoms with Crippen molar-refractivity contribution < 1.29 is 4.42 Å². The second-order valence-corrected chi connectivity index (χ2v) is 6.05. The molecule has 9 heteroatoms. The summed E-state index contributed by atoms with van der Waals surface area (Å²) < 4.78 is 7.09. The Balaban J connectivity index is 1.61. The number of benzene rings is 2. The van der Waals surface area contributed by atoms with Gasteiger partial charge < -0.3 is 15.5 Å². The van der Waals surface area contributed by atoms with Gasteiger partial charge in [-0.2, -0.15) is 4.68 Å². The standard InChI is InChI=1S/C17H14ClN7O/c1-10-3-2-4-12(9-10)20-17-23-22-16(26-17)14-15(19)25(24-21-14)13-7-5-11(18)6-8-13/h2-9H,19H2,1H3,(H,20,23). The minimum Gasteiger partial charge on any atom is -0.401 e. The van der Waals surface area contributed by atoms with Crippen LogP contribution < -0.4 is 11.1 Å². The highest BCUT2D eigenvalue weighted by Crippen LogP contribution is 2.27. The molecular formula is C17H14ClN7O. The number of nitrogens with two attached hydrogens (primary N) is 1. The van der Waals surface area contributed by atoms with Gasteiger partial charge in [-0.15, -0.1) is 10.2 Å². The molecule has 2 heterocycles. The van der Waals surface area contributed by atoms with Crippen molar-refractivity contribution in [3.63, 3.8) is 0 Å². The molecule has 0 spiro atoms. The van der Waals surface area contributed by atoms with Crippen LogP contribution in [0.2, 0.25) is 5.02 Å². The van der Waals surface area contributed by atoms with E-state index in [4.69, 9.17) is 21.8 Å². The summed E-state index contributed by atoms with van der Waals surface area (Å²) in [6.45, 7) is 2.00. The first-order valence-corrected chi connectivity index (χ1v) is 8.12. The summed E-state index contributed by atoms with van der Waals surface area (Å²) in [5.74, 6) is 0.468. The van der Waals surface area contributed by atoms with E-state index in [2.05, 4.69) is 25.8 Å². The first-order chi connectivity index (χ1) is 12.6. The molecule has 0 radical (unpaired) electrons. The molecule has 130 valence electrons. The zero-order valence-corrected chi connectivity index (χ0v) is 14.5. The summed E-state index contributed by atoms with van der Waals surface area (Å²) in [5, 5.41) is 19.7. The Labute approximate surface area is 153 Å². The Hall–Kier alpha value is -3.39. The maximum absolute atomic E-state index is 6.14. The van der Waals surface area contributed by atoms with Crippen LogP contribution >= 0.6 is 11.6 Å². The van der Waals surface area contributed by atoms with Gasteiger partial charge in [0.05, 0.1) is 5.69 Å². The molecule has 0 bridgehead atoms. The van der Waals surface area contributed by atoms with Gasteiger partial charge in [0.15, 0.2) is 11.5 Å². The molecule has 26 heavy (non-hydrogen) atoms. The number of halogens is 1. The molecule has 4 rings (SSSR count). The molecule has 8 nitrogen and oxygen atoms in total. The van der Waals surface area contributed by atoms with E-state index in [-0.39, 0.29) is 17.7 Å². The summed E-state index contributed by atoms with van der Waals surface area (Å²) in [5.41, 5.74) is 9.14. The van der Waals surface area contributed by atoms with E-state index >= 15 is 0 Å². The summed E-state index contributed by atoms with van der Waals surface area (Å²) >= 11 is 5.90. The normalized spacial score (nSPS) is 10.8. The number of aromatic nitrogens is 5. The van der Waals surface area contributed by atoms with Gasteiger partial charge in [0.2, 0.25) is 0 Å². The first-order valence-electron chi connectivity index (χ1n) is 7.75. The van der Waals surface area contributed by atoms with Crippen LogP contribution in [-0.4, -0.2) is 25.2 Å². The highest BCUT2D eigenvalue weighted by atomic mass is 35.5. The number of nitrogen functional groups attached to an aromatic ring is 1. The molecule has 0 aliphatic heterocycles. The van der Waals surface area contributed by atoms with Crippen LogP contribution in [0.4, 0.5) is 17.5 Å². The van der Waals surface area contributed by atoms with Crippen LogP contribution in [0, 0.1) is 6.92 Å². The smallest absolute Gasteiger partial charge is 0.320 e. The molecule has 0 aliphatic rings. The van der Waals surface area contributed by atoms with Gasteiger partial charge in [0.1, 0.15) is 0 Å². The van der Waals surface area contributed by atoms with Gasteiger partial charge in [-0.3, -0.25) is 0 Å². The second-order valence-electron chi connectivity index (χ2n) is 5.62. The van der Waals surface area contributed by atoms with Crippen LogP contribution in [0.5, 0.6) is 0 Å². The Bertz CT molecular complexity index is 1060. The lowest BCUT2D eigenvalue weighted by Crippen LogP contribution is -2.02. The average Bonchev–Trinajstić information content (AvgIpc) is 3.22. The third-order valence-corrected chi connectivity index (χ3v) is 3.93. The van der Waals surface area contributed by atoms with Crippen molar-refractivity contribution in [3.05, 3.63) is 59.1 Å². The van der Waals surface area contributed by atoms with Crippen molar-refractivity contribution in [2.45, 2.75) is 6.92 Å². The van der Waals surface area contributed by atoms with Crippen molar-refractivity contribution in [2.24, 2.45) is 0 Å². The van der Waals surface area contributed by atoms with E-state index < -0.39 is 0 Å². The number of nitrogens with one attached hydrogen (secondary N) is 1. The fourth-order valence-corrected chi connectivity index (χ4v) is 2.56. The fraction of sp³-hybridized carbons (Fsp3) is 0.0588. The van der Waals surface area contributed by atoms with Gasteiger partial charge in [-0.1, -0.05) is 34.0 Å². The lowest BCUT2D eigenvalue weighted by atomic mass is 10.2.